The topological polar surface area (TPSA) is 0 Å². The van der Waals surface area contributed by atoms with Gasteiger partial charge in [-0.25, -0.2) is 0 Å². The summed E-state index contributed by atoms with van der Waals surface area (Å²) in [6.45, 7) is 28.1. The molecule has 0 radical (unpaired) electrons. The van der Waals surface area contributed by atoms with Crippen LogP contribution in [-0.2, 0) is 15.6 Å². The molecule has 307 valence electrons. The summed E-state index contributed by atoms with van der Waals surface area (Å²) in [5.74, 6) is -1.86. The van der Waals surface area contributed by atoms with Gasteiger partial charge in [0.25, 0.3) is 0 Å². The number of aryl methyl sites for hydroxylation is 4. The number of benzene rings is 6. The van der Waals surface area contributed by atoms with E-state index in [2.05, 4.69) is 216 Å². The van der Waals surface area contributed by atoms with Gasteiger partial charge in [0.05, 0.1) is 0 Å². The van der Waals surface area contributed by atoms with E-state index in [0.29, 0.717) is 0 Å². The van der Waals surface area contributed by atoms with Gasteiger partial charge in [-0.3, -0.25) is 0 Å². The molecule has 4 heteroatoms. The molecular formula is C56H61Cl2SiZr. The third-order valence-electron chi connectivity index (χ3n) is 13.5. The molecule has 6 aromatic rings. The zero-order valence-electron chi connectivity index (χ0n) is 37.7. The van der Waals surface area contributed by atoms with Gasteiger partial charge in [-0.2, -0.15) is 0 Å². The van der Waals surface area contributed by atoms with E-state index in [9.17, 15) is 0 Å². The molecule has 0 spiro atoms. The minimum absolute atomic E-state index is 0.0499. The van der Waals surface area contributed by atoms with Crippen LogP contribution in [-0.4, -0.2) is 5.92 Å². The van der Waals surface area contributed by atoms with E-state index < -0.39 is 21.5 Å². The Bertz CT molecular complexity index is 2500. The van der Waals surface area contributed by atoms with Crippen LogP contribution in [0.4, 0.5) is 0 Å². The van der Waals surface area contributed by atoms with Crippen molar-refractivity contribution in [3.8, 4) is 44.5 Å². The van der Waals surface area contributed by atoms with Crippen molar-refractivity contribution in [1.82, 2.24) is 0 Å². The normalized spacial score (nSPS) is 17.2. The Kier molecular flexibility index (Phi) is 11.1. The Hall–Kier alpha value is -3.52. The van der Waals surface area contributed by atoms with Crippen molar-refractivity contribution in [2.24, 2.45) is 10.8 Å². The number of rotatable bonds is 7. The van der Waals surface area contributed by atoms with Gasteiger partial charge in [0, 0.05) is 0 Å². The molecule has 0 aliphatic heterocycles. The molecule has 0 bridgehead atoms. The van der Waals surface area contributed by atoms with Gasteiger partial charge < -0.3 is 0 Å². The first-order chi connectivity index (χ1) is 28.2. The standard InChI is InChI=1S/2C27H27.C2H7Si.2ClH.Zr/c2*1-18-13-19(2)15-22(14-18)26-24(20-9-7-6-8-10-20)12-11-21-16-23(17-25(21)26)27(3,4)5;1-3-2;;;/h2*6-17H,1-5H3;3H,1-2H3;2*1H;/q;;;;;+2/p-2. The van der Waals surface area contributed by atoms with Gasteiger partial charge in [0.15, 0.2) is 0 Å². The Morgan fingerprint density at radius 2 is 0.783 bits per heavy atom. The first kappa shape index (κ1) is 43.1. The molecule has 2 atom stereocenters. The summed E-state index contributed by atoms with van der Waals surface area (Å²) >= 11 is -5.26. The van der Waals surface area contributed by atoms with E-state index in [1.165, 1.54) is 100 Å². The molecule has 0 aromatic heterocycles. The Balaban J connectivity index is 1.47. The Morgan fingerprint density at radius 3 is 1.08 bits per heavy atom. The SMILES string of the molecule is Cc1cc(C)cc(-c2c(-c3ccccc3)ccc3c2C=C(C(C)(C)C)[CH]3[Zr]([Cl])([Cl])([CH]2C(C(C)(C)C)=Cc3c2ccc(-c2ccccc2)c3-c2cc(C)cc(C)c2)[SiH](C)C)c1. The number of hydrogen-bond acceptors (Lipinski definition) is 0. The molecule has 0 saturated carbocycles. The fourth-order valence-electron chi connectivity index (χ4n) is 10.8. The van der Waals surface area contributed by atoms with Crippen molar-refractivity contribution >= 4 is 35.1 Å². The predicted octanol–water partition coefficient (Wildman–Crippen LogP) is 17.2. The molecule has 0 N–H and O–H groups in total. The van der Waals surface area contributed by atoms with Gasteiger partial charge in [-0.05, 0) is 0 Å². The average molecular weight is 924 g/mol. The average Bonchev–Trinajstić information content (AvgIpc) is 3.79. The van der Waals surface area contributed by atoms with E-state index in [-0.39, 0.29) is 18.1 Å². The summed E-state index contributed by atoms with van der Waals surface area (Å²) in [7, 11) is 18.3. The summed E-state index contributed by atoms with van der Waals surface area (Å²) < 4.78 is -0.0998. The van der Waals surface area contributed by atoms with Crippen LogP contribution < -0.4 is 0 Å². The van der Waals surface area contributed by atoms with Gasteiger partial charge in [-0.1, -0.05) is 0 Å². The van der Waals surface area contributed by atoms with Gasteiger partial charge in [-0.15, -0.1) is 0 Å². The van der Waals surface area contributed by atoms with Gasteiger partial charge in [0.1, 0.15) is 0 Å². The van der Waals surface area contributed by atoms with E-state index in [1.54, 1.807) is 0 Å². The maximum absolute atomic E-state index is 9.17. The molecule has 8 rings (SSSR count). The zero-order valence-corrected chi connectivity index (χ0v) is 42.8. The summed E-state index contributed by atoms with van der Waals surface area (Å²) in [4.78, 5) is 0. The zero-order chi connectivity index (χ0) is 43.1. The molecule has 0 amide bonds. The maximum atomic E-state index is 9.17. The molecule has 2 unspecified atom stereocenters. The van der Waals surface area contributed by atoms with E-state index in [1.807, 2.05) is 0 Å². The van der Waals surface area contributed by atoms with Crippen molar-refractivity contribution in [3.05, 3.63) is 177 Å². The molecule has 0 fully saturated rings. The number of halogens is 2. The van der Waals surface area contributed by atoms with Gasteiger partial charge >= 0.3 is 373 Å². The van der Waals surface area contributed by atoms with Crippen LogP contribution in [0.3, 0.4) is 0 Å². The summed E-state index contributed by atoms with van der Waals surface area (Å²) in [6.07, 6.45) is 5.09. The predicted molar refractivity (Wildman–Crippen MR) is 265 cm³/mol. The van der Waals surface area contributed by atoms with Crippen molar-refractivity contribution in [2.75, 3.05) is 0 Å². The number of fused-ring (bicyclic) bond motifs is 2. The first-order valence-corrected chi connectivity index (χ1v) is 38.1. The van der Waals surface area contributed by atoms with Crippen LogP contribution in [0.25, 0.3) is 56.7 Å². The molecule has 0 saturated heterocycles. The van der Waals surface area contributed by atoms with E-state index >= 15 is 0 Å². The third kappa shape index (κ3) is 7.26. The van der Waals surface area contributed by atoms with Crippen LogP contribution in [0.5, 0.6) is 0 Å². The number of hydrogen-bond donors (Lipinski definition) is 0. The third-order valence-corrected chi connectivity index (χ3v) is 65.1. The van der Waals surface area contributed by atoms with Crippen molar-refractivity contribution in [2.45, 2.75) is 89.6 Å². The second-order valence-corrected chi connectivity index (χ2v) is 62.9. The Labute approximate surface area is 369 Å². The molecule has 0 nitrogen and oxygen atoms in total. The summed E-state index contributed by atoms with van der Waals surface area (Å²) in [6, 6.07) is 45.4. The minimum atomic E-state index is -5.26. The fourth-order valence-corrected chi connectivity index (χ4v) is 42.2. The van der Waals surface area contributed by atoms with Crippen LogP contribution in [0.2, 0.25) is 13.1 Å². The second-order valence-electron chi connectivity index (χ2n) is 20.4. The number of allylic oxidation sites excluding steroid dienone is 2. The quantitative estimate of drug-likeness (QED) is 0.140. The van der Waals surface area contributed by atoms with Crippen molar-refractivity contribution < 1.29 is 15.6 Å². The summed E-state index contributed by atoms with van der Waals surface area (Å²) in [5.41, 5.74) is 22.7. The van der Waals surface area contributed by atoms with Crippen LogP contribution >= 0.6 is 17.0 Å². The summed E-state index contributed by atoms with van der Waals surface area (Å²) in [5, 5.41) is 0. The second kappa shape index (κ2) is 15.4. The van der Waals surface area contributed by atoms with Crippen molar-refractivity contribution in [1.29, 1.82) is 0 Å². The molecule has 6 aromatic carbocycles. The van der Waals surface area contributed by atoms with Crippen LogP contribution in [0.1, 0.15) is 93.3 Å². The van der Waals surface area contributed by atoms with E-state index in [4.69, 9.17) is 17.0 Å². The molecule has 60 heavy (non-hydrogen) atoms. The van der Waals surface area contributed by atoms with Crippen LogP contribution in [0.15, 0.2) is 132 Å². The van der Waals surface area contributed by atoms with E-state index in [0.717, 1.165) is 0 Å². The molecule has 2 aliphatic rings. The Morgan fingerprint density at radius 1 is 0.450 bits per heavy atom. The molecule has 0 heterocycles. The molecular weight excluding hydrogens is 863 g/mol. The van der Waals surface area contributed by atoms with Crippen molar-refractivity contribution in [3.63, 3.8) is 0 Å². The first-order valence-electron chi connectivity index (χ1n) is 21.8. The van der Waals surface area contributed by atoms with Gasteiger partial charge in [0.2, 0.25) is 0 Å². The van der Waals surface area contributed by atoms with Crippen LogP contribution in [0, 0.1) is 38.5 Å². The monoisotopic (exact) mass is 921 g/mol. The fraction of sp³-hybridized carbons (Fsp3) is 0.286. The molecule has 2 aliphatic carbocycles.